The van der Waals surface area contributed by atoms with Crippen molar-refractivity contribution in [3.05, 3.63) is 23.8 Å². The van der Waals surface area contributed by atoms with E-state index >= 15 is 0 Å². The molecule has 0 fully saturated rings. The number of carbonyl (C=O) groups excluding carboxylic acids is 1. The van der Waals surface area contributed by atoms with Crippen LogP contribution in [0.3, 0.4) is 0 Å². The van der Waals surface area contributed by atoms with E-state index in [0.29, 0.717) is 6.54 Å². The summed E-state index contributed by atoms with van der Waals surface area (Å²) in [5, 5.41) is 0. The van der Waals surface area contributed by atoms with Gasteiger partial charge in [0.05, 0.1) is 5.69 Å². The third-order valence-corrected chi connectivity index (χ3v) is 4.21. The number of ether oxygens (including phenoxy) is 1. The Morgan fingerprint density at radius 2 is 1.91 bits per heavy atom. The average Bonchev–Trinajstić information content (AvgIpc) is 2.44. The summed E-state index contributed by atoms with van der Waals surface area (Å²) in [7, 11) is 0. The van der Waals surface area contributed by atoms with Crippen molar-refractivity contribution in [2.24, 2.45) is 11.7 Å². The highest BCUT2D eigenvalue weighted by molar-refractivity contribution is 6.00. The van der Waals surface area contributed by atoms with Crippen molar-refractivity contribution in [2.75, 3.05) is 11.4 Å². The fourth-order valence-corrected chi connectivity index (χ4v) is 2.70. The van der Waals surface area contributed by atoms with Gasteiger partial charge >= 0.3 is 0 Å². The number of fused-ring (bicyclic) bond motifs is 1. The zero-order valence-corrected chi connectivity index (χ0v) is 14.5. The van der Waals surface area contributed by atoms with Gasteiger partial charge in [0.1, 0.15) is 5.75 Å². The fourth-order valence-electron chi connectivity index (χ4n) is 2.70. The Balaban J connectivity index is 2.55. The summed E-state index contributed by atoms with van der Waals surface area (Å²) in [5.41, 5.74) is 7.87. The molecule has 2 rings (SSSR count). The standard InChI is InChI=1S/C18H28N2O2/c1-11(2)16-17(21)20(12(3)10-19)14-9-13(18(4,5)6)7-8-15(14)22-16/h7-9,11-12,16H,10,19H2,1-6H3. The van der Waals surface area contributed by atoms with E-state index < -0.39 is 6.10 Å². The molecule has 122 valence electrons. The molecular weight excluding hydrogens is 276 g/mol. The van der Waals surface area contributed by atoms with Crippen LogP contribution < -0.4 is 15.4 Å². The monoisotopic (exact) mass is 304 g/mol. The molecule has 4 nitrogen and oxygen atoms in total. The molecule has 0 bridgehead atoms. The molecule has 0 aliphatic carbocycles. The van der Waals surface area contributed by atoms with Gasteiger partial charge in [0, 0.05) is 12.6 Å². The van der Waals surface area contributed by atoms with Gasteiger partial charge in [-0.2, -0.15) is 0 Å². The normalized spacial score (nSPS) is 19.9. The van der Waals surface area contributed by atoms with E-state index in [2.05, 4.69) is 32.9 Å². The second kappa shape index (κ2) is 5.92. The van der Waals surface area contributed by atoms with Gasteiger partial charge in [0.25, 0.3) is 5.91 Å². The lowest BCUT2D eigenvalue weighted by atomic mass is 9.86. The number of amides is 1. The van der Waals surface area contributed by atoms with E-state index in [1.165, 1.54) is 5.56 Å². The van der Waals surface area contributed by atoms with Crippen molar-refractivity contribution in [1.82, 2.24) is 0 Å². The summed E-state index contributed by atoms with van der Waals surface area (Å²) in [6, 6.07) is 6.08. The number of hydrogen-bond acceptors (Lipinski definition) is 3. The molecule has 0 aromatic heterocycles. The number of nitrogens with zero attached hydrogens (tertiary/aromatic N) is 1. The first-order chi connectivity index (χ1) is 10.2. The van der Waals surface area contributed by atoms with E-state index in [-0.39, 0.29) is 23.3 Å². The highest BCUT2D eigenvalue weighted by Gasteiger charge is 2.38. The fraction of sp³-hybridized carbons (Fsp3) is 0.611. The Labute approximate surface area is 133 Å². The van der Waals surface area contributed by atoms with Crippen molar-refractivity contribution in [3.8, 4) is 5.75 Å². The summed E-state index contributed by atoms with van der Waals surface area (Å²) < 4.78 is 5.97. The minimum absolute atomic E-state index is 0.00603. The highest BCUT2D eigenvalue weighted by atomic mass is 16.5. The zero-order chi connectivity index (χ0) is 16.7. The first-order valence-corrected chi connectivity index (χ1v) is 8.01. The number of anilines is 1. The van der Waals surface area contributed by atoms with Crippen molar-refractivity contribution in [2.45, 2.75) is 59.1 Å². The van der Waals surface area contributed by atoms with Gasteiger partial charge in [-0.1, -0.05) is 40.7 Å². The van der Waals surface area contributed by atoms with Crippen molar-refractivity contribution < 1.29 is 9.53 Å². The minimum atomic E-state index is -0.443. The number of benzene rings is 1. The van der Waals surface area contributed by atoms with Gasteiger partial charge in [-0.25, -0.2) is 0 Å². The molecule has 0 saturated carbocycles. The lowest BCUT2D eigenvalue weighted by Gasteiger charge is -2.39. The SMILES string of the molecule is CC(C)C1Oc2ccc(C(C)(C)C)cc2N(C(C)CN)C1=O. The molecule has 1 aromatic carbocycles. The third kappa shape index (κ3) is 2.98. The number of carbonyl (C=O) groups is 1. The van der Waals surface area contributed by atoms with Crippen LogP contribution in [-0.4, -0.2) is 24.6 Å². The number of hydrogen-bond donors (Lipinski definition) is 1. The summed E-state index contributed by atoms with van der Waals surface area (Å²) in [6.45, 7) is 12.9. The molecule has 4 heteroatoms. The van der Waals surface area contributed by atoms with Crippen molar-refractivity contribution in [1.29, 1.82) is 0 Å². The average molecular weight is 304 g/mol. The molecule has 2 atom stereocenters. The number of nitrogens with two attached hydrogens (primary N) is 1. The van der Waals surface area contributed by atoms with Crippen LogP contribution in [0, 0.1) is 5.92 Å². The van der Waals surface area contributed by atoms with E-state index in [9.17, 15) is 4.79 Å². The Bertz CT molecular complexity index is 561. The van der Waals surface area contributed by atoms with Crippen LogP contribution in [0.25, 0.3) is 0 Å². The Hall–Kier alpha value is -1.55. The van der Waals surface area contributed by atoms with Crippen LogP contribution in [0.4, 0.5) is 5.69 Å². The van der Waals surface area contributed by atoms with E-state index in [0.717, 1.165) is 11.4 Å². The van der Waals surface area contributed by atoms with Crippen molar-refractivity contribution in [3.63, 3.8) is 0 Å². The topological polar surface area (TPSA) is 55.6 Å². The lowest BCUT2D eigenvalue weighted by Crippen LogP contribution is -2.53. The van der Waals surface area contributed by atoms with Crippen LogP contribution in [0.5, 0.6) is 5.75 Å². The molecule has 1 aliphatic heterocycles. The van der Waals surface area contributed by atoms with Gasteiger partial charge in [0.15, 0.2) is 6.10 Å². The maximum absolute atomic E-state index is 12.8. The van der Waals surface area contributed by atoms with Gasteiger partial charge < -0.3 is 15.4 Å². The maximum atomic E-state index is 12.8. The first kappa shape index (κ1) is 16.8. The Kier molecular flexibility index (Phi) is 4.52. The van der Waals surface area contributed by atoms with Crippen LogP contribution in [0.1, 0.15) is 47.1 Å². The number of rotatable bonds is 3. The quantitative estimate of drug-likeness (QED) is 0.933. The zero-order valence-electron chi connectivity index (χ0n) is 14.5. The molecule has 0 spiro atoms. The second-order valence-electron chi connectivity index (χ2n) is 7.51. The summed E-state index contributed by atoms with van der Waals surface area (Å²) in [4.78, 5) is 14.7. The molecule has 0 saturated heterocycles. The van der Waals surface area contributed by atoms with Gasteiger partial charge in [-0.3, -0.25) is 4.79 Å². The smallest absolute Gasteiger partial charge is 0.268 e. The van der Waals surface area contributed by atoms with E-state index in [4.69, 9.17) is 10.5 Å². The van der Waals surface area contributed by atoms with Crippen molar-refractivity contribution >= 4 is 11.6 Å². The predicted molar refractivity (Wildman–Crippen MR) is 90.4 cm³/mol. The predicted octanol–water partition coefficient (Wildman–Crippen LogP) is 3.08. The Morgan fingerprint density at radius 3 is 2.41 bits per heavy atom. The molecular formula is C18H28N2O2. The maximum Gasteiger partial charge on any atom is 0.268 e. The molecule has 1 aliphatic rings. The second-order valence-corrected chi connectivity index (χ2v) is 7.51. The highest BCUT2D eigenvalue weighted by Crippen LogP contribution is 2.39. The van der Waals surface area contributed by atoms with Gasteiger partial charge in [-0.05, 0) is 36.0 Å². The Morgan fingerprint density at radius 1 is 1.27 bits per heavy atom. The van der Waals surface area contributed by atoms with Crippen LogP contribution in [0.2, 0.25) is 0 Å². The molecule has 2 unspecified atom stereocenters. The lowest BCUT2D eigenvalue weighted by molar-refractivity contribution is -0.128. The minimum Gasteiger partial charge on any atom is -0.478 e. The molecule has 1 heterocycles. The van der Waals surface area contributed by atoms with Crippen LogP contribution >= 0.6 is 0 Å². The molecule has 22 heavy (non-hydrogen) atoms. The third-order valence-electron chi connectivity index (χ3n) is 4.21. The summed E-state index contributed by atoms with van der Waals surface area (Å²) in [5.74, 6) is 0.897. The van der Waals surface area contributed by atoms with Crippen LogP contribution in [-0.2, 0) is 10.2 Å². The first-order valence-electron chi connectivity index (χ1n) is 8.01. The van der Waals surface area contributed by atoms with Gasteiger partial charge in [-0.15, -0.1) is 0 Å². The van der Waals surface area contributed by atoms with E-state index in [1.807, 2.05) is 31.7 Å². The molecule has 0 radical (unpaired) electrons. The van der Waals surface area contributed by atoms with Crippen LogP contribution in [0.15, 0.2) is 18.2 Å². The molecule has 1 aromatic rings. The molecule has 2 N–H and O–H groups in total. The largest absolute Gasteiger partial charge is 0.478 e. The summed E-state index contributed by atoms with van der Waals surface area (Å²) >= 11 is 0. The summed E-state index contributed by atoms with van der Waals surface area (Å²) in [6.07, 6.45) is -0.443. The van der Waals surface area contributed by atoms with Gasteiger partial charge in [0.2, 0.25) is 0 Å². The molecule has 1 amide bonds. The van der Waals surface area contributed by atoms with E-state index in [1.54, 1.807) is 0 Å².